The van der Waals surface area contributed by atoms with Gasteiger partial charge in [0.2, 0.25) is 0 Å². The van der Waals surface area contributed by atoms with Crippen molar-refractivity contribution in [2.75, 3.05) is 13.1 Å². The van der Waals surface area contributed by atoms with E-state index in [0.717, 1.165) is 48.4 Å². The molecule has 0 radical (unpaired) electrons. The lowest BCUT2D eigenvalue weighted by molar-refractivity contribution is 0.0957. The van der Waals surface area contributed by atoms with Crippen LogP contribution in [0.1, 0.15) is 18.7 Å². The molecule has 29 heavy (non-hydrogen) atoms. The van der Waals surface area contributed by atoms with Crippen molar-refractivity contribution in [3.05, 3.63) is 58.9 Å². The molecule has 3 heterocycles. The predicted molar refractivity (Wildman–Crippen MR) is 106 cm³/mol. The SMILES string of the molecule is Cn1c(CN2CCC(Oc3cccc4c3ccn4CC(F)F)CC2)nccc1=O. The molecular formula is C21H24F2N4O2. The van der Waals surface area contributed by atoms with Crippen LogP contribution >= 0.6 is 0 Å². The van der Waals surface area contributed by atoms with E-state index < -0.39 is 6.43 Å². The summed E-state index contributed by atoms with van der Waals surface area (Å²) < 4.78 is 34.9. The van der Waals surface area contributed by atoms with Crippen LogP contribution in [0, 0.1) is 0 Å². The van der Waals surface area contributed by atoms with Gasteiger partial charge in [-0.25, -0.2) is 13.8 Å². The lowest BCUT2D eigenvalue weighted by Gasteiger charge is -2.32. The molecule has 6 nitrogen and oxygen atoms in total. The molecule has 154 valence electrons. The van der Waals surface area contributed by atoms with Crippen molar-refractivity contribution in [1.29, 1.82) is 0 Å². The number of fused-ring (bicyclic) bond motifs is 1. The van der Waals surface area contributed by atoms with Crippen molar-refractivity contribution in [2.24, 2.45) is 7.05 Å². The molecule has 2 aromatic heterocycles. The predicted octanol–water partition coefficient (Wildman–Crippen LogP) is 3.04. The summed E-state index contributed by atoms with van der Waals surface area (Å²) in [5.41, 5.74) is 0.705. The van der Waals surface area contributed by atoms with Crippen molar-refractivity contribution >= 4 is 10.9 Å². The smallest absolute Gasteiger partial charge is 0.256 e. The van der Waals surface area contributed by atoms with Crippen molar-refractivity contribution in [3.63, 3.8) is 0 Å². The molecule has 1 aromatic carbocycles. The van der Waals surface area contributed by atoms with Crippen LogP contribution in [0.15, 0.2) is 47.5 Å². The zero-order valence-corrected chi connectivity index (χ0v) is 16.3. The van der Waals surface area contributed by atoms with Gasteiger partial charge in [0.15, 0.2) is 0 Å². The summed E-state index contributed by atoms with van der Waals surface area (Å²) in [5, 5.41) is 0.860. The van der Waals surface area contributed by atoms with Crippen LogP contribution in [0.4, 0.5) is 8.78 Å². The Balaban J connectivity index is 1.39. The van der Waals surface area contributed by atoms with E-state index >= 15 is 0 Å². The zero-order valence-electron chi connectivity index (χ0n) is 16.3. The van der Waals surface area contributed by atoms with E-state index in [2.05, 4.69) is 9.88 Å². The molecule has 0 spiro atoms. The molecule has 8 heteroatoms. The maximum Gasteiger partial charge on any atom is 0.256 e. The highest BCUT2D eigenvalue weighted by molar-refractivity contribution is 5.86. The third-order valence-electron chi connectivity index (χ3n) is 5.46. The number of aromatic nitrogens is 3. The Bertz CT molecular complexity index is 1040. The van der Waals surface area contributed by atoms with E-state index in [1.165, 1.54) is 6.07 Å². The summed E-state index contributed by atoms with van der Waals surface area (Å²) in [6, 6.07) is 8.87. The third-order valence-corrected chi connectivity index (χ3v) is 5.46. The first-order chi connectivity index (χ1) is 14.0. The van der Waals surface area contributed by atoms with Gasteiger partial charge in [0.05, 0.1) is 18.6 Å². The lowest BCUT2D eigenvalue weighted by Crippen LogP contribution is -2.39. The van der Waals surface area contributed by atoms with Crippen LogP contribution in [0.5, 0.6) is 5.75 Å². The van der Waals surface area contributed by atoms with Crippen molar-refractivity contribution in [1.82, 2.24) is 19.0 Å². The number of rotatable bonds is 6. The first-order valence-corrected chi connectivity index (χ1v) is 9.77. The maximum absolute atomic E-state index is 12.8. The molecule has 0 unspecified atom stereocenters. The fourth-order valence-corrected chi connectivity index (χ4v) is 3.83. The van der Waals surface area contributed by atoms with Gasteiger partial charge in [-0.15, -0.1) is 0 Å². The number of hydrogen-bond donors (Lipinski definition) is 0. The minimum absolute atomic E-state index is 0.0555. The standard InChI is InChI=1S/C21H24F2N4O2/c1-25-20(24-9-5-21(25)28)14-26-10-6-15(7-11-26)29-18-4-2-3-17-16(18)8-12-27(17)13-19(22)23/h2-5,8-9,12,15,19H,6-7,10-11,13-14H2,1H3. The number of ether oxygens (including phenoxy) is 1. The second-order valence-electron chi connectivity index (χ2n) is 7.40. The van der Waals surface area contributed by atoms with E-state index in [0.29, 0.717) is 6.54 Å². The summed E-state index contributed by atoms with van der Waals surface area (Å²) in [4.78, 5) is 18.3. The molecule has 1 fully saturated rings. The highest BCUT2D eigenvalue weighted by Gasteiger charge is 2.22. The van der Waals surface area contributed by atoms with Gasteiger partial charge in [-0.3, -0.25) is 14.3 Å². The Kier molecular flexibility index (Phi) is 5.62. The zero-order chi connectivity index (χ0) is 20.4. The molecule has 0 N–H and O–H groups in total. The molecule has 1 aliphatic rings. The molecular weight excluding hydrogens is 378 g/mol. The van der Waals surface area contributed by atoms with Crippen LogP contribution in [-0.2, 0) is 20.1 Å². The molecule has 0 bridgehead atoms. The number of hydrogen-bond acceptors (Lipinski definition) is 4. The summed E-state index contributed by atoms with van der Waals surface area (Å²) >= 11 is 0. The Labute approximate surface area is 167 Å². The van der Waals surface area contributed by atoms with Gasteiger partial charge in [0, 0.05) is 44.0 Å². The second-order valence-corrected chi connectivity index (χ2v) is 7.40. The Morgan fingerprint density at radius 1 is 1.21 bits per heavy atom. The summed E-state index contributed by atoms with van der Waals surface area (Å²) in [7, 11) is 1.74. The Morgan fingerprint density at radius 3 is 2.76 bits per heavy atom. The Morgan fingerprint density at radius 2 is 2.00 bits per heavy atom. The van der Waals surface area contributed by atoms with Crippen molar-refractivity contribution < 1.29 is 13.5 Å². The highest BCUT2D eigenvalue weighted by Crippen LogP contribution is 2.29. The van der Waals surface area contributed by atoms with E-state index in [9.17, 15) is 13.6 Å². The summed E-state index contributed by atoms with van der Waals surface area (Å²) in [6.45, 7) is 2.00. The van der Waals surface area contributed by atoms with Gasteiger partial charge in [0.1, 0.15) is 17.7 Å². The number of benzene rings is 1. The number of likely N-dealkylation sites (tertiary alicyclic amines) is 1. The number of halogens is 2. The average Bonchev–Trinajstić information content (AvgIpc) is 3.10. The second kappa shape index (κ2) is 8.32. The normalized spacial score (nSPS) is 16.0. The quantitative estimate of drug-likeness (QED) is 0.636. The monoisotopic (exact) mass is 402 g/mol. The highest BCUT2D eigenvalue weighted by atomic mass is 19.3. The van der Waals surface area contributed by atoms with Crippen LogP contribution in [0.25, 0.3) is 10.9 Å². The molecule has 1 aliphatic heterocycles. The summed E-state index contributed by atoms with van der Waals surface area (Å²) in [5.74, 6) is 1.49. The van der Waals surface area contributed by atoms with Crippen molar-refractivity contribution in [2.45, 2.75) is 38.5 Å². The van der Waals surface area contributed by atoms with Crippen LogP contribution < -0.4 is 10.3 Å². The molecule has 4 rings (SSSR count). The Hall–Kier alpha value is -2.74. The molecule has 3 aromatic rings. The van der Waals surface area contributed by atoms with Gasteiger partial charge >= 0.3 is 0 Å². The minimum Gasteiger partial charge on any atom is -0.490 e. The van der Waals surface area contributed by atoms with Gasteiger partial charge < -0.3 is 9.30 Å². The fourth-order valence-electron chi connectivity index (χ4n) is 3.83. The molecule has 0 aliphatic carbocycles. The minimum atomic E-state index is -2.39. The van der Waals surface area contributed by atoms with E-state index in [4.69, 9.17) is 4.74 Å². The fraction of sp³-hybridized carbons (Fsp3) is 0.429. The third kappa shape index (κ3) is 4.32. The molecule has 0 atom stereocenters. The van der Waals surface area contributed by atoms with E-state index in [-0.39, 0.29) is 18.2 Å². The van der Waals surface area contributed by atoms with E-state index in [1.807, 2.05) is 24.3 Å². The first-order valence-electron chi connectivity index (χ1n) is 9.77. The largest absolute Gasteiger partial charge is 0.490 e. The molecule has 0 amide bonds. The summed E-state index contributed by atoms with van der Waals surface area (Å²) in [6.07, 6.45) is 2.63. The van der Waals surface area contributed by atoms with Crippen LogP contribution in [0.2, 0.25) is 0 Å². The average molecular weight is 402 g/mol. The van der Waals surface area contributed by atoms with Crippen LogP contribution in [0.3, 0.4) is 0 Å². The molecule has 1 saturated heterocycles. The molecule has 0 saturated carbocycles. The van der Waals surface area contributed by atoms with Gasteiger partial charge in [-0.2, -0.15) is 0 Å². The maximum atomic E-state index is 12.8. The van der Waals surface area contributed by atoms with Gasteiger partial charge in [0.25, 0.3) is 12.0 Å². The topological polar surface area (TPSA) is 52.3 Å². The van der Waals surface area contributed by atoms with Gasteiger partial charge in [-0.05, 0) is 31.0 Å². The van der Waals surface area contributed by atoms with E-state index in [1.54, 1.807) is 28.6 Å². The first kappa shape index (κ1) is 19.6. The van der Waals surface area contributed by atoms with Crippen molar-refractivity contribution in [3.8, 4) is 5.75 Å². The van der Waals surface area contributed by atoms with Gasteiger partial charge in [-0.1, -0.05) is 6.07 Å². The number of nitrogens with zero attached hydrogens (tertiary/aromatic N) is 4. The number of alkyl halides is 2. The number of piperidine rings is 1. The van der Waals surface area contributed by atoms with Crippen LogP contribution in [-0.4, -0.2) is 44.6 Å². The lowest BCUT2D eigenvalue weighted by atomic mass is 10.1.